The van der Waals surface area contributed by atoms with Crippen molar-refractivity contribution in [3.8, 4) is 22.8 Å². The van der Waals surface area contributed by atoms with Gasteiger partial charge in [-0.1, -0.05) is 62.5 Å². The van der Waals surface area contributed by atoms with Gasteiger partial charge in [0.05, 0.1) is 11.9 Å². The van der Waals surface area contributed by atoms with Gasteiger partial charge in [0, 0.05) is 36.3 Å². The van der Waals surface area contributed by atoms with Gasteiger partial charge in [0.1, 0.15) is 0 Å². The van der Waals surface area contributed by atoms with Crippen LogP contribution in [0.1, 0.15) is 36.5 Å². The number of allylic oxidation sites excluding steroid dienone is 4. The first-order valence-electron chi connectivity index (χ1n) is 11.6. The van der Waals surface area contributed by atoms with Gasteiger partial charge in [0.15, 0.2) is 11.5 Å². The van der Waals surface area contributed by atoms with Crippen molar-refractivity contribution in [3.05, 3.63) is 73.3 Å². The second-order valence-electron chi connectivity index (χ2n) is 7.45. The predicted octanol–water partition coefficient (Wildman–Crippen LogP) is 3.99. The Hall–Kier alpha value is -4.11. The van der Waals surface area contributed by atoms with Crippen LogP contribution in [0.5, 0.6) is 0 Å². The van der Waals surface area contributed by atoms with Crippen LogP contribution < -0.4 is 11.1 Å². The smallest absolute Gasteiger partial charge is 0.258 e. The average Bonchev–Trinajstić information content (AvgIpc) is 3.22. The molecular formula is C26H31N7O2. The maximum Gasteiger partial charge on any atom is 0.258 e. The van der Waals surface area contributed by atoms with Gasteiger partial charge in [0.25, 0.3) is 11.8 Å². The number of nitrogens with one attached hydrogen (secondary N) is 1. The average molecular weight is 474 g/mol. The normalized spacial score (nSPS) is 13.9. The van der Waals surface area contributed by atoms with E-state index in [4.69, 9.17) is 10.3 Å². The topological polar surface area (TPSA) is 123 Å². The third kappa shape index (κ3) is 6.07. The molecule has 0 radical (unpaired) electrons. The SMILES string of the molecule is C=C/C=C(\C=C)c1nc(-c2nc(-c3ccc(C(=O)N4CCCNCC4)cc3)cnc2N)no1.CC. The Kier molecular flexibility index (Phi) is 9.02. The van der Waals surface area contributed by atoms with E-state index in [2.05, 4.69) is 38.6 Å². The highest BCUT2D eigenvalue weighted by atomic mass is 16.5. The van der Waals surface area contributed by atoms with Crippen LogP contribution in [0.25, 0.3) is 28.3 Å². The van der Waals surface area contributed by atoms with E-state index in [0.717, 1.165) is 31.6 Å². The lowest BCUT2D eigenvalue weighted by Gasteiger charge is -2.20. The summed E-state index contributed by atoms with van der Waals surface area (Å²) in [5.74, 6) is 0.702. The fraction of sp³-hybridized carbons (Fsp3) is 0.269. The first-order valence-corrected chi connectivity index (χ1v) is 11.6. The number of anilines is 1. The molecule has 4 rings (SSSR count). The van der Waals surface area contributed by atoms with Crippen LogP contribution in [-0.2, 0) is 0 Å². The van der Waals surface area contributed by atoms with Crippen LogP contribution in [-0.4, -0.2) is 57.1 Å². The van der Waals surface area contributed by atoms with Crippen molar-refractivity contribution in [1.82, 2.24) is 30.3 Å². The molecule has 1 amide bonds. The number of benzene rings is 1. The van der Waals surface area contributed by atoms with Crippen LogP contribution in [0.4, 0.5) is 5.82 Å². The van der Waals surface area contributed by atoms with Gasteiger partial charge in [0.2, 0.25) is 5.82 Å². The summed E-state index contributed by atoms with van der Waals surface area (Å²) >= 11 is 0. The van der Waals surface area contributed by atoms with Crippen LogP contribution in [0.2, 0.25) is 0 Å². The predicted molar refractivity (Wildman–Crippen MR) is 138 cm³/mol. The molecule has 0 spiro atoms. The second-order valence-corrected chi connectivity index (χ2v) is 7.45. The summed E-state index contributed by atoms with van der Waals surface area (Å²) in [5.41, 5.74) is 8.98. The van der Waals surface area contributed by atoms with Crippen molar-refractivity contribution in [2.45, 2.75) is 20.3 Å². The van der Waals surface area contributed by atoms with Crippen LogP contribution in [0.15, 0.2) is 66.4 Å². The van der Waals surface area contributed by atoms with Gasteiger partial charge >= 0.3 is 0 Å². The highest BCUT2D eigenvalue weighted by Gasteiger charge is 2.19. The molecular weight excluding hydrogens is 442 g/mol. The second kappa shape index (κ2) is 12.4. The molecule has 0 saturated carbocycles. The fourth-order valence-electron chi connectivity index (χ4n) is 3.51. The maximum absolute atomic E-state index is 12.8. The van der Waals surface area contributed by atoms with E-state index >= 15 is 0 Å². The van der Waals surface area contributed by atoms with Crippen LogP contribution >= 0.6 is 0 Å². The Morgan fingerprint density at radius 1 is 1.14 bits per heavy atom. The number of hydrogen-bond acceptors (Lipinski definition) is 8. The molecule has 3 aromatic rings. The van der Waals surface area contributed by atoms with Gasteiger partial charge in [-0.15, -0.1) is 0 Å². The van der Waals surface area contributed by atoms with E-state index in [1.54, 1.807) is 36.6 Å². The Bertz CT molecular complexity index is 1190. The summed E-state index contributed by atoms with van der Waals surface area (Å²) in [6.45, 7) is 14.6. The third-order valence-electron chi connectivity index (χ3n) is 5.26. The van der Waals surface area contributed by atoms with Crippen molar-refractivity contribution in [2.24, 2.45) is 0 Å². The molecule has 182 valence electrons. The number of nitrogens with zero attached hydrogens (tertiary/aromatic N) is 5. The van der Waals surface area contributed by atoms with Crippen molar-refractivity contribution in [1.29, 1.82) is 0 Å². The molecule has 2 aromatic heterocycles. The minimum Gasteiger partial charge on any atom is -0.382 e. The van der Waals surface area contributed by atoms with Gasteiger partial charge in [-0.3, -0.25) is 4.79 Å². The van der Waals surface area contributed by atoms with Crippen molar-refractivity contribution < 1.29 is 9.32 Å². The zero-order chi connectivity index (χ0) is 25.2. The number of amides is 1. The number of rotatable bonds is 6. The largest absolute Gasteiger partial charge is 0.382 e. The van der Waals surface area contributed by atoms with Gasteiger partial charge < -0.3 is 20.5 Å². The minimum atomic E-state index is 0.0271. The lowest BCUT2D eigenvalue weighted by atomic mass is 10.1. The van der Waals surface area contributed by atoms with E-state index in [-0.39, 0.29) is 23.4 Å². The molecule has 3 heterocycles. The van der Waals surface area contributed by atoms with Gasteiger partial charge in [-0.05, 0) is 25.1 Å². The molecule has 1 fully saturated rings. The molecule has 1 saturated heterocycles. The number of carbonyl (C=O) groups is 1. The third-order valence-corrected chi connectivity index (χ3v) is 5.26. The lowest BCUT2D eigenvalue weighted by molar-refractivity contribution is 0.0766. The minimum absolute atomic E-state index is 0.0271. The van der Waals surface area contributed by atoms with Crippen molar-refractivity contribution >= 4 is 17.3 Å². The zero-order valence-corrected chi connectivity index (χ0v) is 20.2. The van der Waals surface area contributed by atoms with E-state index in [9.17, 15) is 4.79 Å². The summed E-state index contributed by atoms with van der Waals surface area (Å²) in [7, 11) is 0. The maximum atomic E-state index is 12.8. The number of nitrogen functional groups attached to an aromatic ring is 1. The van der Waals surface area contributed by atoms with Gasteiger partial charge in [-0.25, -0.2) is 9.97 Å². The van der Waals surface area contributed by atoms with E-state index in [0.29, 0.717) is 29.1 Å². The first kappa shape index (κ1) is 25.5. The van der Waals surface area contributed by atoms with E-state index in [1.165, 1.54) is 0 Å². The van der Waals surface area contributed by atoms with Crippen molar-refractivity contribution in [3.63, 3.8) is 0 Å². The highest BCUT2D eigenvalue weighted by Crippen LogP contribution is 2.26. The summed E-state index contributed by atoms with van der Waals surface area (Å²) in [6.07, 6.45) is 7.43. The molecule has 1 aromatic carbocycles. The summed E-state index contributed by atoms with van der Waals surface area (Å²) < 4.78 is 5.32. The monoisotopic (exact) mass is 473 g/mol. The molecule has 1 aliphatic heterocycles. The molecule has 3 N–H and O–H groups in total. The first-order chi connectivity index (χ1) is 17.1. The Morgan fingerprint density at radius 3 is 2.63 bits per heavy atom. The number of nitrogens with two attached hydrogens (primary N) is 1. The van der Waals surface area contributed by atoms with Crippen LogP contribution in [0, 0.1) is 0 Å². The molecule has 0 atom stereocenters. The summed E-state index contributed by atoms with van der Waals surface area (Å²) in [4.78, 5) is 27.9. The standard InChI is InChI=1S/C24H25N7O2.C2H6/c1-3-6-16(4-2)23-29-22(30-33-23)20-21(25)27-15-19(28-20)17-7-9-18(10-8-17)24(32)31-13-5-11-26-12-14-31;1-2/h3-4,6-10,15,26H,1-2,5,11-14H2,(H2,25,27);1-2H3/b16-6+;. The Labute approximate surface area is 205 Å². The Morgan fingerprint density at radius 2 is 1.91 bits per heavy atom. The molecule has 35 heavy (non-hydrogen) atoms. The molecule has 1 aliphatic rings. The molecule has 0 aliphatic carbocycles. The summed E-state index contributed by atoms with van der Waals surface area (Å²) in [6, 6.07) is 7.29. The van der Waals surface area contributed by atoms with Crippen LogP contribution in [0.3, 0.4) is 0 Å². The highest BCUT2D eigenvalue weighted by molar-refractivity contribution is 5.94. The molecule has 9 nitrogen and oxygen atoms in total. The molecule has 0 bridgehead atoms. The number of hydrogen-bond donors (Lipinski definition) is 2. The van der Waals surface area contributed by atoms with Gasteiger partial charge in [-0.2, -0.15) is 4.98 Å². The summed E-state index contributed by atoms with van der Waals surface area (Å²) in [5, 5.41) is 7.29. The number of aromatic nitrogens is 4. The number of carbonyl (C=O) groups excluding carboxylic acids is 1. The van der Waals surface area contributed by atoms with Crippen molar-refractivity contribution in [2.75, 3.05) is 31.9 Å². The molecule has 0 unspecified atom stereocenters. The van der Waals surface area contributed by atoms with E-state index in [1.807, 2.05) is 30.9 Å². The Balaban J connectivity index is 0.00000167. The lowest BCUT2D eigenvalue weighted by Crippen LogP contribution is -2.34. The fourth-order valence-corrected chi connectivity index (χ4v) is 3.51. The zero-order valence-electron chi connectivity index (χ0n) is 20.2. The molecule has 9 heteroatoms. The van der Waals surface area contributed by atoms with E-state index < -0.39 is 0 Å². The quantitative estimate of drug-likeness (QED) is 0.515.